The van der Waals surface area contributed by atoms with Gasteiger partial charge in [0.05, 0.1) is 4.92 Å². The van der Waals surface area contributed by atoms with Crippen molar-refractivity contribution in [2.45, 2.75) is 20.3 Å². The van der Waals surface area contributed by atoms with Gasteiger partial charge in [-0.25, -0.2) is 4.98 Å². The zero-order chi connectivity index (χ0) is 14.5. The number of rotatable bonds is 5. The average molecular weight is 271 g/mol. The van der Waals surface area contributed by atoms with Gasteiger partial charge in [0.25, 0.3) is 0 Å². The van der Waals surface area contributed by atoms with Gasteiger partial charge in [0, 0.05) is 18.8 Å². The molecule has 20 heavy (non-hydrogen) atoms. The molecule has 0 fully saturated rings. The van der Waals surface area contributed by atoms with E-state index in [-0.39, 0.29) is 5.69 Å². The first-order chi connectivity index (χ1) is 9.58. The van der Waals surface area contributed by atoms with Crippen molar-refractivity contribution >= 4 is 11.5 Å². The predicted molar refractivity (Wildman–Crippen MR) is 79.0 cm³/mol. The molecule has 0 spiro atoms. The first-order valence-electron chi connectivity index (χ1n) is 6.47. The molecule has 1 heterocycles. The number of hydrogen-bond donors (Lipinski definition) is 1. The first-order valence-corrected chi connectivity index (χ1v) is 6.47. The number of hydrogen-bond acceptors (Lipinski definition) is 4. The van der Waals surface area contributed by atoms with Crippen molar-refractivity contribution in [2.24, 2.45) is 0 Å². The van der Waals surface area contributed by atoms with Crippen LogP contribution in [-0.4, -0.2) is 16.5 Å². The summed E-state index contributed by atoms with van der Waals surface area (Å²) in [6.45, 7) is 4.46. The molecule has 1 aromatic heterocycles. The molecule has 2 rings (SSSR count). The van der Waals surface area contributed by atoms with Gasteiger partial charge in [-0.1, -0.05) is 24.3 Å². The molecule has 1 N–H and O–H groups in total. The van der Waals surface area contributed by atoms with Crippen molar-refractivity contribution in [1.82, 2.24) is 4.98 Å². The normalized spacial score (nSPS) is 10.3. The Kier molecular flexibility index (Phi) is 4.30. The lowest BCUT2D eigenvalue weighted by atomic mass is 10.1. The maximum absolute atomic E-state index is 11.0. The van der Waals surface area contributed by atoms with Crippen LogP contribution in [0.3, 0.4) is 0 Å². The molecule has 0 atom stereocenters. The molecule has 0 radical (unpaired) electrons. The molecular weight excluding hydrogens is 254 g/mol. The third-order valence-electron chi connectivity index (χ3n) is 3.15. The Morgan fingerprint density at radius 3 is 2.75 bits per heavy atom. The zero-order valence-electron chi connectivity index (χ0n) is 11.6. The minimum atomic E-state index is -0.407. The molecule has 0 aliphatic heterocycles. The zero-order valence-corrected chi connectivity index (χ0v) is 11.6. The number of nitrogens with zero attached hydrogens (tertiary/aromatic N) is 2. The van der Waals surface area contributed by atoms with E-state index in [0.717, 1.165) is 12.0 Å². The molecule has 1 aromatic carbocycles. The van der Waals surface area contributed by atoms with Gasteiger partial charge >= 0.3 is 5.69 Å². The fourth-order valence-electron chi connectivity index (χ4n) is 2.04. The van der Waals surface area contributed by atoms with Crippen molar-refractivity contribution in [3.63, 3.8) is 0 Å². The first kappa shape index (κ1) is 14.0. The number of aromatic nitrogens is 1. The number of nitrogens with one attached hydrogen (secondary N) is 1. The summed E-state index contributed by atoms with van der Waals surface area (Å²) in [5, 5.41) is 14.0. The average Bonchev–Trinajstić information content (AvgIpc) is 2.42. The highest BCUT2D eigenvalue weighted by Gasteiger charge is 2.14. The van der Waals surface area contributed by atoms with Crippen molar-refractivity contribution < 1.29 is 4.92 Å². The third kappa shape index (κ3) is 3.32. The summed E-state index contributed by atoms with van der Waals surface area (Å²) in [5.41, 5.74) is 3.26. The SMILES string of the molecule is Cc1cnc(NCCc2ccccc2C)c([N+](=O)[O-])c1. The summed E-state index contributed by atoms with van der Waals surface area (Å²) in [4.78, 5) is 14.7. The van der Waals surface area contributed by atoms with E-state index < -0.39 is 4.92 Å². The van der Waals surface area contributed by atoms with E-state index in [2.05, 4.69) is 29.4 Å². The van der Waals surface area contributed by atoms with E-state index in [1.165, 1.54) is 17.2 Å². The fraction of sp³-hybridized carbons (Fsp3) is 0.267. The lowest BCUT2D eigenvalue weighted by molar-refractivity contribution is -0.384. The monoisotopic (exact) mass is 271 g/mol. The highest BCUT2D eigenvalue weighted by molar-refractivity contribution is 5.56. The molecule has 0 bridgehead atoms. The van der Waals surface area contributed by atoms with Gasteiger partial charge in [0.2, 0.25) is 5.82 Å². The Bertz CT molecular complexity index is 626. The standard InChI is InChI=1S/C15H17N3O2/c1-11-9-14(18(19)20)15(17-10-11)16-8-7-13-6-4-3-5-12(13)2/h3-6,9-10H,7-8H2,1-2H3,(H,16,17). The topological polar surface area (TPSA) is 68.1 Å². The van der Waals surface area contributed by atoms with Crippen LogP contribution in [0.2, 0.25) is 0 Å². The summed E-state index contributed by atoms with van der Waals surface area (Å²) >= 11 is 0. The quantitative estimate of drug-likeness (QED) is 0.669. The minimum Gasteiger partial charge on any atom is -0.364 e. The molecule has 5 nitrogen and oxygen atoms in total. The van der Waals surface area contributed by atoms with Gasteiger partial charge in [-0.05, 0) is 37.0 Å². The molecule has 2 aromatic rings. The van der Waals surface area contributed by atoms with Crippen molar-refractivity contribution in [3.8, 4) is 0 Å². The fourth-order valence-corrected chi connectivity index (χ4v) is 2.04. The van der Waals surface area contributed by atoms with Gasteiger partial charge in [-0.3, -0.25) is 10.1 Å². The molecule has 104 valence electrons. The summed E-state index contributed by atoms with van der Waals surface area (Å²) < 4.78 is 0. The van der Waals surface area contributed by atoms with Crippen molar-refractivity contribution in [3.05, 3.63) is 63.3 Å². The molecular formula is C15H17N3O2. The van der Waals surface area contributed by atoms with Crippen LogP contribution in [0, 0.1) is 24.0 Å². The van der Waals surface area contributed by atoms with Crippen LogP contribution in [0.5, 0.6) is 0 Å². The largest absolute Gasteiger partial charge is 0.364 e. The Labute approximate surface area is 117 Å². The van der Waals surface area contributed by atoms with Gasteiger partial charge in [0.15, 0.2) is 0 Å². The third-order valence-corrected chi connectivity index (χ3v) is 3.15. The highest BCUT2D eigenvalue weighted by atomic mass is 16.6. The molecule has 0 amide bonds. The van der Waals surface area contributed by atoms with E-state index in [0.29, 0.717) is 12.4 Å². The maximum Gasteiger partial charge on any atom is 0.311 e. The second-order valence-corrected chi connectivity index (χ2v) is 4.74. The van der Waals surface area contributed by atoms with Crippen LogP contribution in [0.25, 0.3) is 0 Å². The van der Waals surface area contributed by atoms with Crippen LogP contribution < -0.4 is 5.32 Å². The molecule has 5 heteroatoms. The van der Waals surface area contributed by atoms with Gasteiger partial charge in [-0.15, -0.1) is 0 Å². The highest BCUT2D eigenvalue weighted by Crippen LogP contribution is 2.22. The maximum atomic E-state index is 11.0. The summed E-state index contributed by atoms with van der Waals surface area (Å²) in [6, 6.07) is 9.65. The molecule has 0 saturated heterocycles. The van der Waals surface area contributed by atoms with E-state index in [9.17, 15) is 10.1 Å². The van der Waals surface area contributed by atoms with Crippen LogP contribution >= 0.6 is 0 Å². The number of benzene rings is 1. The van der Waals surface area contributed by atoms with Crippen LogP contribution in [-0.2, 0) is 6.42 Å². The second kappa shape index (κ2) is 6.14. The molecule has 0 aliphatic rings. The Morgan fingerprint density at radius 1 is 1.30 bits per heavy atom. The summed E-state index contributed by atoms with van der Waals surface area (Å²) in [5.74, 6) is 0.328. The number of aryl methyl sites for hydroxylation is 2. The lowest BCUT2D eigenvalue weighted by Gasteiger charge is -2.08. The van der Waals surface area contributed by atoms with Gasteiger partial charge in [0.1, 0.15) is 0 Å². The smallest absolute Gasteiger partial charge is 0.311 e. The number of pyridine rings is 1. The van der Waals surface area contributed by atoms with E-state index in [1.54, 1.807) is 13.1 Å². The Morgan fingerprint density at radius 2 is 2.05 bits per heavy atom. The Hall–Kier alpha value is -2.43. The van der Waals surface area contributed by atoms with Crippen molar-refractivity contribution in [2.75, 3.05) is 11.9 Å². The second-order valence-electron chi connectivity index (χ2n) is 4.74. The van der Waals surface area contributed by atoms with Gasteiger partial charge < -0.3 is 5.32 Å². The van der Waals surface area contributed by atoms with E-state index in [1.807, 2.05) is 12.1 Å². The van der Waals surface area contributed by atoms with Crippen molar-refractivity contribution in [1.29, 1.82) is 0 Å². The predicted octanol–water partition coefficient (Wildman–Crippen LogP) is 3.26. The van der Waals surface area contributed by atoms with E-state index >= 15 is 0 Å². The van der Waals surface area contributed by atoms with Crippen LogP contribution in [0.4, 0.5) is 11.5 Å². The number of anilines is 1. The van der Waals surface area contributed by atoms with E-state index in [4.69, 9.17) is 0 Å². The Balaban J connectivity index is 2.05. The summed E-state index contributed by atoms with van der Waals surface area (Å²) in [6.07, 6.45) is 2.43. The van der Waals surface area contributed by atoms with Gasteiger partial charge in [-0.2, -0.15) is 0 Å². The minimum absolute atomic E-state index is 0.0229. The molecule has 0 unspecified atom stereocenters. The summed E-state index contributed by atoms with van der Waals surface area (Å²) in [7, 11) is 0. The van der Waals surface area contributed by atoms with Crippen LogP contribution in [0.1, 0.15) is 16.7 Å². The molecule has 0 aliphatic carbocycles. The molecule has 0 saturated carbocycles. The lowest BCUT2D eigenvalue weighted by Crippen LogP contribution is -2.09. The van der Waals surface area contributed by atoms with Crippen LogP contribution in [0.15, 0.2) is 36.5 Å². The number of nitro groups is 1.